The van der Waals surface area contributed by atoms with E-state index in [1.54, 1.807) is 0 Å². The Hall–Kier alpha value is -3.06. The van der Waals surface area contributed by atoms with E-state index in [9.17, 15) is 9.59 Å². The molecule has 2 aromatic carbocycles. The third-order valence-electron chi connectivity index (χ3n) is 6.09. The van der Waals surface area contributed by atoms with Gasteiger partial charge in [-0.1, -0.05) is 51.1 Å². The number of carbonyl (C=O) groups is 2. The van der Waals surface area contributed by atoms with Crippen molar-refractivity contribution in [2.75, 3.05) is 42.9 Å². The zero-order valence-corrected chi connectivity index (χ0v) is 20.1. The molecule has 1 heterocycles. The Bertz CT molecular complexity index is 924. The highest BCUT2D eigenvalue weighted by molar-refractivity contribution is 5.97. The second kappa shape index (κ2) is 11.7. The van der Waals surface area contributed by atoms with Gasteiger partial charge < -0.3 is 25.2 Å². The lowest BCUT2D eigenvalue weighted by Gasteiger charge is -2.35. The molecule has 0 radical (unpaired) electrons. The number of nitrogens with one attached hydrogen (secondary N) is 2. The molecule has 1 atom stereocenters. The van der Waals surface area contributed by atoms with Gasteiger partial charge in [-0.05, 0) is 48.7 Å². The fourth-order valence-electron chi connectivity index (χ4n) is 3.94. The number of likely N-dealkylation sites (N-methyl/N-ethyl adjacent to an activating group) is 1. The summed E-state index contributed by atoms with van der Waals surface area (Å²) in [6.07, 6.45) is -0.606. The molecule has 0 aromatic heterocycles. The zero-order valence-electron chi connectivity index (χ0n) is 20.1. The number of aryl methyl sites for hydroxylation is 1. The van der Waals surface area contributed by atoms with Crippen molar-refractivity contribution in [3.05, 3.63) is 59.7 Å². The van der Waals surface area contributed by atoms with Gasteiger partial charge in [-0.2, -0.15) is 0 Å². The van der Waals surface area contributed by atoms with Crippen molar-refractivity contribution < 1.29 is 14.3 Å². The van der Waals surface area contributed by atoms with Crippen molar-refractivity contribution in [3.8, 4) is 0 Å². The van der Waals surface area contributed by atoms with E-state index in [-0.39, 0.29) is 18.4 Å². The van der Waals surface area contributed by atoms with Crippen molar-refractivity contribution >= 4 is 23.4 Å². The normalized spacial score (nSPS) is 15.2. The van der Waals surface area contributed by atoms with Crippen LogP contribution in [-0.4, -0.2) is 55.7 Å². The quantitative estimate of drug-likeness (QED) is 0.633. The zero-order chi connectivity index (χ0) is 23.8. The maximum Gasteiger partial charge on any atom is 0.408 e. The van der Waals surface area contributed by atoms with E-state index in [0.29, 0.717) is 0 Å². The summed E-state index contributed by atoms with van der Waals surface area (Å²) in [5.41, 5.74) is 3.81. The molecule has 178 valence electrons. The molecule has 2 N–H and O–H groups in total. The number of piperazine rings is 1. The molecule has 0 saturated carbocycles. The molecule has 7 nitrogen and oxygen atoms in total. The molecule has 0 bridgehead atoms. The summed E-state index contributed by atoms with van der Waals surface area (Å²) in [7, 11) is 0. The van der Waals surface area contributed by atoms with Crippen LogP contribution in [0, 0.1) is 12.8 Å². The number of hydrogen-bond donors (Lipinski definition) is 2. The van der Waals surface area contributed by atoms with Crippen LogP contribution in [0.4, 0.5) is 16.2 Å². The number of carbonyl (C=O) groups excluding carboxylic acids is 2. The van der Waals surface area contributed by atoms with Crippen molar-refractivity contribution in [2.24, 2.45) is 5.92 Å². The minimum Gasteiger partial charge on any atom is -0.445 e. The Labute approximate surface area is 197 Å². The number of anilines is 2. The summed E-state index contributed by atoms with van der Waals surface area (Å²) in [5.74, 6) is -0.349. The van der Waals surface area contributed by atoms with Crippen molar-refractivity contribution in [1.82, 2.24) is 10.2 Å². The highest BCUT2D eigenvalue weighted by Gasteiger charge is 2.25. The molecule has 2 amide bonds. The van der Waals surface area contributed by atoms with Crippen LogP contribution >= 0.6 is 0 Å². The number of amides is 2. The number of alkyl carbamates (subject to hydrolysis) is 1. The Morgan fingerprint density at radius 3 is 2.33 bits per heavy atom. The van der Waals surface area contributed by atoms with Gasteiger partial charge in [0.05, 0.1) is 0 Å². The van der Waals surface area contributed by atoms with Crippen molar-refractivity contribution in [3.63, 3.8) is 0 Å². The minimum absolute atomic E-state index is 0.0938. The van der Waals surface area contributed by atoms with E-state index in [4.69, 9.17) is 4.74 Å². The molecule has 33 heavy (non-hydrogen) atoms. The molecular weight excluding hydrogens is 416 g/mol. The lowest BCUT2D eigenvalue weighted by atomic mass is 10.0. The van der Waals surface area contributed by atoms with E-state index in [2.05, 4.69) is 39.5 Å². The van der Waals surface area contributed by atoms with Crippen LogP contribution in [0.2, 0.25) is 0 Å². The summed E-state index contributed by atoms with van der Waals surface area (Å²) in [5, 5.41) is 5.69. The first-order valence-electron chi connectivity index (χ1n) is 11.7. The molecule has 0 spiro atoms. The Morgan fingerprint density at radius 1 is 1.03 bits per heavy atom. The Balaban J connectivity index is 1.57. The molecule has 2 aromatic rings. The fraction of sp³-hybridized carbons (Fsp3) is 0.462. The van der Waals surface area contributed by atoms with Gasteiger partial charge in [-0.15, -0.1) is 0 Å². The van der Waals surface area contributed by atoms with Crippen LogP contribution in [0.5, 0.6) is 0 Å². The molecular formula is C26H36N4O3. The largest absolute Gasteiger partial charge is 0.445 e. The summed E-state index contributed by atoms with van der Waals surface area (Å²) < 4.78 is 5.29. The van der Waals surface area contributed by atoms with Gasteiger partial charge in [-0.3, -0.25) is 4.79 Å². The van der Waals surface area contributed by atoms with Crippen LogP contribution in [0.25, 0.3) is 0 Å². The average Bonchev–Trinajstić information content (AvgIpc) is 2.83. The maximum atomic E-state index is 13.0. The Kier molecular flexibility index (Phi) is 8.72. The van der Waals surface area contributed by atoms with E-state index in [0.717, 1.165) is 49.5 Å². The predicted octanol–water partition coefficient (Wildman–Crippen LogP) is 4.03. The Morgan fingerprint density at radius 2 is 1.73 bits per heavy atom. The molecule has 1 saturated heterocycles. The van der Waals surface area contributed by atoms with Gasteiger partial charge in [0.25, 0.3) is 0 Å². The van der Waals surface area contributed by atoms with Gasteiger partial charge in [0.1, 0.15) is 12.6 Å². The second-order valence-corrected chi connectivity index (χ2v) is 8.84. The van der Waals surface area contributed by atoms with Crippen LogP contribution in [-0.2, 0) is 16.1 Å². The first-order valence-corrected chi connectivity index (χ1v) is 11.7. The van der Waals surface area contributed by atoms with Crippen LogP contribution < -0.4 is 15.5 Å². The van der Waals surface area contributed by atoms with E-state index < -0.39 is 12.1 Å². The smallest absolute Gasteiger partial charge is 0.408 e. The van der Waals surface area contributed by atoms with Gasteiger partial charge in [-0.25, -0.2) is 4.79 Å². The summed E-state index contributed by atoms with van der Waals surface area (Å²) in [4.78, 5) is 30.1. The number of hydrogen-bond acceptors (Lipinski definition) is 5. The molecule has 1 aliphatic rings. The molecule has 3 rings (SSSR count). The number of ether oxygens (including phenoxy) is 1. The van der Waals surface area contributed by atoms with Gasteiger partial charge in [0.2, 0.25) is 5.91 Å². The van der Waals surface area contributed by atoms with Crippen LogP contribution in [0.1, 0.15) is 31.9 Å². The number of rotatable bonds is 8. The first kappa shape index (κ1) is 24.6. The van der Waals surface area contributed by atoms with Gasteiger partial charge in [0.15, 0.2) is 0 Å². The average molecular weight is 453 g/mol. The fourth-order valence-corrected chi connectivity index (χ4v) is 3.94. The molecule has 0 aliphatic carbocycles. The molecule has 1 fully saturated rings. The minimum atomic E-state index is -0.700. The van der Waals surface area contributed by atoms with Gasteiger partial charge in [0, 0.05) is 37.6 Å². The monoisotopic (exact) mass is 452 g/mol. The third-order valence-corrected chi connectivity index (χ3v) is 6.09. The number of nitrogens with zero attached hydrogens (tertiary/aromatic N) is 2. The predicted molar refractivity (Wildman–Crippen MR) is 133 cm³/mol. The summed E-state index contributed by atoms with van der Waals surface area (Å²) >= 11 is 0. The number of benzene rings is 2. The third kappa shape index (κ3) is 6.96. The topological polar surface area (TPSA) is 73.9 Å². The highest BCUT2D eigenvalue weighted by atomic mass is 16.5. The van der Waals surface area contributed by atoms with E-state index in [1.807, 2.05) is 57.2 Å². The van der Waals surface area contributed by atoms with Gasteiger partial charge >= 0.3 is 6.09 Å². The maximum absolute atomic E-state index is 13.0. The summed E-state index contributed by atoms with van der Waals surface area (Å²) in [6, 6.07) is 14.9. The van der Waals surface area contributed by atoms with E-state index in [1.165, 1.54) is 5.69 Å². The van der Waals surface area contributed by atoms with Crippen LogP contribution in [0.15, 0.2) is 48.5 Å². The SMILES string of the molecule is CCN1CCN(c2ccc(NC(=O)[C@@H](NC(=O)OCc3ccccc3)C(C)C)c(C)c2)CC1. The lowest BCUT2D eigenvalue weighted by Crippen LogP contribution is -2.47. The molecule has 7 heteroatoms. The lowest BCUT2D eigenvalue weighted by molar-refractivity contribution is -0.119. The highest BCUT2D eigenvalue weighted by Crippen LogP contribution is 2.24. The van der Waals surface area contributed by atoms with E-state index >= 15 is 0 Å². The van der Waals surface area contributed by atoms with Crippen LogP contribution in [0.3, 0.4) is 0 Å². The van der Waals surface area contributed by atoms with Crippen molar-refractivity contribution in [1.29, 1.82) is 0 Å². The second-order valence-electron chi connectivity index (χ2n) is 8.84. The van der Waals surface area contributed by atoms with Crippen molar-refractivity contribution in [2.45, 2.75) is 40.3 Å². The first-order chi connectivity index (χ1) is 15.9. The standard InChI is InChI=1S/C26H36N4O3/c1-5-29-13-15-30(16-14-29)22-11-12-23(20(4)17-22)27-25(31)24(19(2)3)28-26(32)33-18-21-9-7-6-8-10-21/h6-12,17,19,24H,5,13-16,18H2,1-4H3,(H,27,31)(H,28,32)/t24-/m0/s1. The summed E-state index contributed by atoms with van der Waals surface area (Å²) in [6.45, 7) is 13.4. The molecule has 1 aliphatic heterocycles. The molecule has 0 unspecified atom stereocenters.